The van der Waals surface area contributed by atoms with E-state index < -0.39 is 0 Å². The SMILES string of the molecule is Cc1ccc(OC2CCN(Cc3noc(CN)n3)CC2)cc1C. The molecule has 0 radical (unpaired) electrons. The summed E-state index contributed by atoms with van der Waals surface area (Å²) in [4.78, 5) is 6.58. The van der Waals surface area contributed by atoms with Crippen molar-refractivity contribution in [3.63, 3.8) is 0 Å². The summed E-state index contributed by atoms with van der Waals surface area (Å²) in [6.45, 7) is 7.18. The zero-order valence-corrected chi connectivity index (χ0v) is 13.8. The van der Waals surface area contributed by atoms with Gasteiger partial charge in [-0.15, -0.1) is 0 Å². The maximum absolute atomic E-state index is 6.12. The number of hydrogen-bond donors (Lipinski definition) is 1. The van der Waals surface area contributed by atoms with Gasteiger partial charge in [-0.1, -0.05) is 11.2 Å². The third-order valence-electron chi connectivity index (χ3n) is 4.37. The fraction of sp³-hybridized carbons (Fsp3) is 0.529. The normalized spacial score (nSPS) is 16.7. The second-order valence-electron chi connectivity index (χ2n) is 6.15. The molecule has 0 aliphatic carbocycles. The molecule has 1 aliphatic heterocycles. The average molecular weight is 316 g/mol. The van der Waals surface area contributed by atoms with Gasteiger partial charge in [0.15, 0.2) is 5.82 Å². The Morgan fingerprint density at radius 1 is 1.26 bits per heavy atom. The predicted molar refractivity (Wildman–Crippen MR) is 87.0 cm³/mol. The molecule has 1 saturated heterocycles. The molecule has 0 bridgehead atoms. The first-order valence-corrected chi connectivity index (χ1v) is 8.12. The van der Waals surface area contributed by atoms with Gasteiger partial charge in [0, 0.05) is 13.1 Å². The van der Waals surface area contributed by atoms with E-state index in [4.69, 9.17) is 15.0 Å². The van der Waals surface area contributed by atoms with E-state index in [1.165, 1.54) is 11.1 Å². The first-order valence-electron chi connectivity index (χ1n) is 8.12. The largest absolute Gasteiger partial charge is 0.490 e. The molecular formula is C17H24N4O2. The number of nitrogens with zero attached hydrogens (tertiary/aromatic N) is 3. The van der Waals surface area contributed by atoms with Crippen molar-refractivity contribution in [2.75, 3.05) is 13.1 Å². The molecule has 23 heavy (non-hydrogen) atoms. The van der Waals surface area contributed by atoms with Gasteiger partial charge in [-0.25, -0.2) is 0 Å². The van der Waals surface area contributed by atoms with Gasteiger partial charge in [0.2, 0.25) is 5.89 Å². The van der Waals surface area contributed by atoms with E-state index in [-0.39, 0.29) is 6.10 Å². The van der Waals surface area contributed by atoms with Gasteiger partial charge in [-0.05, 0) is 49.9 Å². The molecule has 0 atom stereocenters. The maximum Gasteiger partial charge on any atom is 0.240 e. The van der Waals surface area contributed by atoms with Crippen LogP contribution in [0.15, 0.2) is 22.7 Å². The molecule has 2 N–H and O–H groups in total. The van der Waals surface area contributed by atoms with Crippen LogP contribution < -0.4 is 10.5 Å². The number of benzene rings is 1. The van der Waals surface area contributed by atoms with E-state index in [9.17, 15) is 0 Å². The summed E-state index contributed by atoms with van der Waals surface area (Å²) in [5, 5.41) is 3.95. The molecule has 6 heteroatoms. The summed E-state index contributed by atoms with van der Waals surface area (Å²) in [7, 11) is 0. The Morgan fingerprint density at radius 3 is 2.70 bits per heavy atom. The van der Waals surface area contributed by atoms with Crippen LogP contribution in [-0.2, 0) is 13.1 Å². The number of aryl methyl sites for hydroxylation is 2. The summed E-state index contributed by atoms with van der Waals surface area (Å²) < 4.78 is 11.2. The van der Waals surface area contributed by atoms with Crippen LogP contribution in [0, 0.1) is 13.8 Å². The molecule has 1 fully saturated rings. The van der Waals surface area contributed by atoms with E-state index in [1.807, 2.05) is 0 Å². The number of likely N-dealkylation sites (tertiary alicyclic amines) is 1. The van der Waals surface area contributed by atoms with Crippen LogP contribution in [0.3, 0.4) is 0 Å². The van der Waals surface area contributed by atoms with Crippen LogP contribution in [0.25, 0.3) is 0 Å². The Morgan fingerprint density at radius 2 is 2.04 bits per heavy atom. The molecular weight excluding hydrogens is 292 g/mol. The van der Waals surface area contributed by atoms with Crippen LogP contribution in [-0.4, -0.2) is 34.2 Å². The highest BCUT2D eigenvalue weighted by molar-refractivity contribution is 5.33. The Balaban J connectivity index is 1.49. The lowest BCUT2D eigenvalue weighted by Gasteiger charge is -2.31. The van der Waals surface area contributed by atoms with Crippen LogP contribution in [0.2, 0.25) is 0 Å². The lowest BCUT2D eigenvalue weighted by molar-refractivity contribution is 0.0948. The summed E-state index contributed by atoms with van der Waals surface area (Å²) in [5.41, 5.74) is 8.05. The monoisotopic (exact) mass is 316 g/mol. The molecule has 2 aromatic rings. The highest BCUT2D eigenvalue weighted by Gasteiger charge is 2.22. The smallest absolute Gasteiger partial charge is 0.240 e. The highest BCUT2D eigenvalue weighted by atomic mass is 16.5. The molecule has 0 spiro atoms. The third-order valence-corrected chi connectivity index (χ3v) is 4.37. The Bertz CT molecular complexity index is 648. The molecule has 1 aromatic carbocycles. The van der Waals surface area contributed by atoms with E-state index in [0.29, 0.717) is 24.8 Å². The lowest BCUT2D eigenvalue weighted by Crippen LogP contribution is -2.38. The van der Waals surface area contributed by atoms with Crippen LogP contribution >= 0.6 is 0 Å². The van der Waals surface area contributed by atoms with Crippen molar-refractivity contribution in [3.05, 3.63) is 41.0 Å². The molecule has 1 aliphatic rings. The first-order chi connectivity index (χ1) is 11.1. The van der Waals surface area contributed by atoms with Crippen molar-refractivity contribution in [1.29, 1.82) is 0 Å². The van der Waals surface area contributed by atoms with E-state index in [2.05, 4.69) is 47.1 Å². The number of piperidine rings is 1. The molecule has 3 rings (SSSR count). The quantitative estimate of drug-likeness (QED) is 0.911. The number of hydrogen-bond acceptors (Lipinski definition) is 6. The van der Waals surface area contributed by atoms with Crippen molar-refractivity contribution in [1.82, 2.24) is 15.0 Å². The van der Waals surface area contributed by atoms with Crippen molar-refractivity contribution in [2.24, 2.45) is 5.73 Å². The van der Waals surface area contributed by atoms with Gasteiger partial charge < -0.3 is 15.0 Å². The van der Waals surface area contributed by atoms with Gasteiger partial charge in [-0.2, -0.15) is 4.98 Å². The molecule has 0 amide bonds. The number of ether oxygens (including phenoxy) is 1. The highest BCUT2D eigenvalue weighted by Crippen LogP contribution is 2.22. The minimum absolute atomic E-state index is 0.276. The van der Waals surface area contributed by atoms with Crippen LogP contribution in [0.4, 0.5) is 0 Å². The number of rotatable bonds is 5. The minimum atomic E-state index is 0.276. The molecule has 0 unspecified atom stereocenters. The van der Waals surface area contributed by atoms with E-state index in [1.54, 1.807) is 0 Å². The molecule has 6 nitrogen and oxygen atoms in total. The van der Waals surface area contributed by atoms with E-state index in [0.717, 1.165) is 31.7 Å². The van der Waals surface area contributed by atoms with Crippen molar-refractivity contribution in [3.8, 4) is 5.75 Å². The van der Waals surface area contributed by atoms with Gasteiger partial charge >= 0.3 is 0 Å². The molecule has 124 valence electrons. The van der Waals surface area contributed by atoms with E-state index >= 15 is 0 Å². The summed E-state index contributed by atoms with van der Waals surface area (Å²) in [6, 6.07) is 6.29. The van der Waals surface area contributed by atoms with Gasteiger partial charge in [-0.3, -0.25) is 4.90 Å². The fourth-order valence-corrected chi connectivity index (χ4v) is 2.80. The second-order valence-corrected chi connectivity index (χ2v) is 6.15. The van der Waals surface area contributed by atoms with Crippen LogP contribution in [0.1, 0.15) is 35.7 Å². The topological polar surface area (TPSA) is 77.4 Å². The second kappa shape index (κ2) is 7.10. The third kappa shape index (κ3) is 4.09. The van der Waals surface area contributed by atoms with Crippen molar-refractivity contribution >= 4 is 0 Å². The first kappa shape index (κ1) is 16.0. The molecule has 1 aromatic heterocycles. The van der Waals surface area contributed by atoms with Crippen molar-refractivity contribution in [2.45, 2.75) is 45.9 Å². The summed E-state index contributed by atoms with van der Waals surface area (Å²) in [5.74, 6) is 2.17. The standard InChI is InChI=1S/C17H24N4O2/c1-12-3-4-15(9-13(12)2)22-14-5-7-21(8-6-14)11-16-19-17(10-18)23-20-16/h3-4,9,14H,5-8,10-11,18H2,1-2H3. The predicted octanol–water partition coefficient (Wildman–Crippen LogP) is 2.19. The van der Waals surface area contributed by atoms with Gasteiger partial charge in [0.1, 0.15) is 11.9 Å². The summed E-state index contributed by atoms with van der Waals surface area (Å²) >= 11 is 0. The lowest BCUT2D eigenvalue weighted by atomic mass is 10.1. The average Bonchev–Trinajstić information content (AvgIpc) is 3.00. The van der Waals surface area contributed by atoms with Crippen LogP contribution in [0.5, 0.6) is 5.75 Å². The molecule has 2 heterocycles. The molecule has 0 saturated carbocycles. The fourth-order valence-electron chi connectivity index (χ4n) is 2.80. The Hall–Kier alpha value is -1.92. The zero-order chi connectivity index (χ0) is 16.2. The summed E-state index contributed by atoms with van der Waals surface area (Å²) in [6.07, 6.45) is 2.29. The van der Waals surface area contributed by atoms with Gasteiger partial charge in [0.05, 0.1) is 13.1 Å². The minimum Gasteiger partial charge on any atom is -0.490 e. The number of aromatic nitrogens is 2. The zero-order valence-electron chi connectivity index (χ0n) is 13.8. The van der Waals surface area contributed by atoms with Crippen molar-refractivity contribution < 1.29 is 9.26 Å². The Labute approximate surface area is 136 Å². The van der Waals surface area contributed by atoms with Gasteiger partial charge in [0.25, 0.3) is 0 Å². The maximum atomic E-state index is 6.12. The Kier molecular flexibility index (Phi) is 4.93. The number of nitrogens with two attached hydrogens (primary N) is 1.